The summed E-state index contributed by atoms with van der Waals surface area (Å²) < 4.78 is 42.5. The highest BCUT2D eigenvalue weighted by atomic mass is 35.5. The van der Waals surface area contributed by atoms with Gasteiger partial charge in [-0.3, -0.25) is 9.59 Å². The van der Waals surface area contributed by atoms with Crippen molar-refractivity contribution < 1.29 is 22.4 Å². The van der Waals surface area contributed by atoms with Gasteiger partial charge in [-0.15, -0.1) is 0 Å². The molecule has 0 radical (unpaired) electrons. The van der Waals surface area contributed by atoms with E-state index in [1.54, 1.807) is 24.3 Å². The number of rotatable bonds is 12. The first kappa shape index (κ1) is 32.4. The number of anilines is 1. The Morgan fingerprint density at radius 3 is 2.19 bits per heavy atom. The van der Waals surface area contributed by atoms with Gasteiger partial charge in [-0.25, -0.2) is 8.70 Å². The van der Waals surface area contributed by atoms with Crippen molar-refractivity contribution >= 4 is 39.3 Å². The molecular weight excluding hydrogens is 591 g/mol. The van der Waals surface area contributed by atoms with Gasteiger partial charge in [0.2, 0.25) is 11.8 Å². The predicted octanol–water partition coefficient (Wildman–Crippen LogP) is 5.18. The van der Waals surface area contributed by atoms with Crippen molar-refractivity contribution in [2.75, 3.05) is 24.9 Å². The van der Waals surface area contributed by atoms with Crippen molar-refractivity contribution in [3.63, 3.8) is 0 Å². The Kier molecular flexibility index (Phi) is 11.2. The summed E-state index contributed by atoms with van der Waals surface area (Å²) in [5.74, 6) is -1.45. The average Bonchev–Trinajstić information content (AvgIpc) is 3.00. The van der Waals surface area contributed by atoms with Gasteiger partial charge in [-0.1, -0.05) is 79.4 Å². The fourth-order valence-corrected chi connectivity index (χ4v) is 6.48. The lowest BCUT2D eigenvalue weighted by Gasteiger charge is -2.35. The summed E-state index contributed by atoms with van der Waals surface area (Å²) in [5, 5.41) is 3.59. The molecule has 3 aromatic rings. The summed E-state index contributed by atoms with van der Waals surface area (Å²) in [5.41, 5.74) is 1.58. The summed E-state index contributed by atoms with van der Waals surface area (Å²) >= 11 is 6.52. The van der Waals surface area contributed by atoms with Crippen molar-refractivity contribution in [3.05, 3.63) is 101 Å². The van der Waals surface area contributed by atoms with Crippen LogP contribution in [0.2, 0.25) is 5.02 Å². The average molecular weight is 629 g/mol. The molecular formula is C32H38ClFN4O4S. The Morgan fingerprint density at radius 2 is 1.56 bits per heavy atom. The molecule has 0 aromatic heterocycles. The molecule has 1 N–H and O–H groups in total. The molecule has 2 amide bonds. The standard InChI is InChI=1S/C32H38ClFN4O4S/c1-36(2)43(41,42)38(28-19-17-26(34)18-20-28)23-31(39)37(22-25-13-9-10-16-29(25)33)30(21-24-11-5-3-6-12-24)32(40)35-27-14-7-4-8-15-27/h3,5-6,9-13,16-20,27,30H,4,7-8,14-15,21-23H2,1-2H3,(H,35,40)/t30-/m1/s1. The highest BCUT2D eigenvalue weighted by Gasteiger charge is 2.35. The lowest BCUT2D eigenvalue weighted by Crippen LogP contribution is -2.55. The number of carbonyl (C=O) groups is 2. The highest BCUT2D eigenvalue weighted by molar-refractivity contribution is 7.90. The van der Waals surface area contributed by atoms with E-state index >= 15 is 0 Å². The smallest absolute Gasteiger partial charge is 0.304 e. The molecule has 1 atom stereocenters. The Morgan fingerprint density at radius 1 is 0.930 bits per heavy atom. The molecule has 1 saturated carbocycles. The fourth-order valence-electron chi connectivity index (χ4n) is 5.23. The van der Waals surface area contributed by atoms with Crippen molar-refractivity contribution in [3.8, 4) is 0 Å². The zero-order valence-electron chi connectivity index (χ0n) is 24.5. The molecule has 3 aromatic carbocycles. The molecule has 1 aliphatic rings. The zero-order chi connectivity index (χ0) is 31.0. The van der Waals surface area contributed by atoms with E-state index < -0.39 is 34.5 Å². The van der Waals surface area contributed by atoms with Crippen LogP contribution in [0.15, 0.2) is 78.9 Å². The van der Waals surface area contributed by atoms with Crippen LogP contribution in [-0.2, 0) is 32.8 Å². The minimum absolute atomic E-state index is 0.00150. The summed E-state index contributed by atoms with van der Waals surface area (Å²) in [6, 6.07) is 20.4. The van der Waals surface area contributed by atoms with Crippen LogP contribution in [0.5, 0.6) is 0 Å². The number of nitrogens with zero attached hydrogens (tertiary/aromatic N) is 3. The summed E-state index contributed by atoms with van der Waals surface area (Å²) in [7, 11) is -1.46. The molecule has 1 fully saturated rings. The maximum absolute atomic E-state index is 14.3. The third-order valence-electron chi connectivity index (χ3n) is 7.65. The number of halogens is 2. The predicted molar refractivity (Wildman–Crippen MR) is 167 cm³/mol. The lowest BCUT2D eigenvalue weighted by molar-refractivity contribution is -0.140. The second-order valence-corrected chi connectivity index (χ2v) is 13.4. The van der Waals surface area contributed by atoms with Gasteiger partial charge in [0.15, 0.2) is 0 Å². The van der Waals surface area contributed by atoms with E-state index in [4.69, 9.17) is 11.6 Å². The highest BCUT2D eigenvalue weighted by Crippen LogP contribution is 2.25. The van der Waals surface area contributed by atoms with Crippen LogP contribution in [-0.4, -0.2) is 62.2 Å². The summed E-state index contributed by atoms with van der Waals surface area (Å²) in [4.78, 5) is 29.7. The third kappa shape index (κ3) is 8.55. The van der Waals surface area contributed by atoms with Gasteiger partial charge in [0, 0.05) is 38.1 Å². The summed E-state index contributed by atoms with van der Waals surface area (Å²) in [6.07, 6.45) is 5.10. The van der Waals surface area contributed by atoms with Gasteiger partial charge in [-0.2, -0.15) is 12.7 Å². The lowest BCUT2D eigenvalue weighted by atomic mass is 9.94. The topological polar surface area (TPSA) is 90.0 Å². The Labute approximate surface area is 258 Å². The van der Waals surface area contributed by atoms with Gasteiger partial charge < -0.3 is 10.2 Å². The third-order valence-corrected chi connectivity index (χ3v) is 9.84. The van der Waals surface area contributed by atoms with E-state index in [1.807, 2.05) is 30.3 Å². The number of hydrogen-bond acceptors (Lipinski definition) is 4. The quantitative estimate of drug-likeness (QED) is 0.299. The number of hydrogen-bond donors (Lipinski definition) is 1. The second-order valence-electron chi connectivity index (χ2n) is 10.9. The maximum atomic E-state index is 14.3. The Hall–Kier alpha value is -3.47. The number of amides is 2. The Balaban J connectivity index is 1.75. The van der Waals surface area contributed by atoms with E-state index in [0.717, 1.165) is 58.4 Å². The minimum Gasteiger partial charge on any atom is -0.352 e. The van der Waals surface area contributed by atoms with Crippen molar-refractivity contribution in [2.45, 2.75) is 57.2 Å². The molecule has 11 heteroatoms. The van der Waals surface area contributed by atoms with Gasteiger partial charge in [-0.05, 0) is 54.3 Å². The number of benzene rings is 3. The van der Waals surface area contributed by atoms with Crippen LogP contribution >= 0.6 is 11.6 Å². The zero-order valence-corrected chi connectivity index (χ0v) is 26.0. The molecule has 230 valence electrons. The molecule has 0 spiro atoms. The van der Waals surface area contributed by atoms with E-state index in [2.05, 4.69) is 5.32 Å². The molecule has 0 bridgehead atoms. The molecule has 0 aliphatic heterocycles. The van der Waals surface area contributed by atoms with Crippen LogP contribution in [0.3, 0.4) is 0 Å². The SMILES string of the molecule is CN(C)S(=O)(=O)N(CC(=O)N(Cc1ccccc1Cl)[C@H](Cc1ccccc1)C(=O)NC1CCCCC1)c1ccc(F)cc1. The Bertz CT molecular complexity index is 1480. The largest absolute Gasteiger partial charge is 0.352 e. The van der Waals surface area contributed by atoms with Crippen molar-refractivity contribution in [1.82, 2.24) is 14.5 Å². The molecule has 0 saturated heterocycles. The first-order chi connectivity index (χ1) is 20.6. The molecule has 8 nitrogen and oxygen atoms in total. The molecule has 0 unspecified atom stereocenters. The van der Waals surface area contributed by atoms with E-state index in [-0.39, 0.29) is 30.6 Å². The van der Waals surface area contributed by atoms with Crippen molar-refractivity contribution in [1.29, 1.82) is 0 Å². The second kappa shape index (κ2) is 14.8. The van der Waals surface area contributed by atoms with Crippen LogP contribution < -0.4 is 9.62 Å². The summed E-state index contributed by atoms with van der Waals surface area (Å²) in [6.45, 7) is -0.633. The normalized spacial score (nSPS) is 14.7. The van der Waals surface area contributed by atoms with Gasteiger partial charge in [0.05, 0.1) is 5.69 Å². The first-order valence-corrected chi connectivity index (χ1v) is 16.2. The molecule has 4 rings (SSSR count). The van der Waals surface area contributed by atoms with Gasteiger partial charge >= 0.3 is 10.2 Å². The van der Waals surface area contributed by atoms with E-state index in [1.165, 1.54) is 31.1 Å². The van der Waals surface area contributed by atoms with Crippen LogP contribution in [0, 0.1) is 5.82 Å². The molecule has 1 aliphatic carbocycles. The van der Waals surface area contributed by atoms with Gasteiger partial charge in [0.25, 0.3) is 0 Å². The fraction of sp³-hybridized carbons (Fsp3) is 0.375. The molecule has 43 heavy (non-hydrogen) atoms. The number of nitrogens with one attached hydrogen (secondary N) is 1. The van der Waals surface area contributed by atoms with E-state index in [0.29, 0.717) is 10.6 Å². The number of carbonyl (C=O) groups excluding carboxylic acids is 2. The van der Waals surface area contributed by atoms with Crippen LogP contribution in [0.4, 0.5) is 10.1 Å². The monoisotopic (exact) mass is 628 g/mol. The van der Waals surface area contributed by atoms with Gasteiger partial charge in [0.1, 0.15) is 18.4 Å². The van der Waals surface area contributed by atoms with Crippen LogP contribution in [0.1, 0.15) is 43.2 Å². The first-order valence-electron chi connectivity index (χ1n) is 14.4. The maximum Gasteiger partial charge on any atom is 0.304 e. The molecule has 0 heterocycles. The van der Waals surface area contributed by atoms with Crippen molar-refractivity contribution in [2.24, 2.45) is 0 Å². The van der Waals surface area contributed by atoms with E-state index in [9.17, 15) is 22.4 Å². The van der Waals surface area contributed by atoms with Crippen LogP contribution in [0.25, 0.3) is 0 Å². The minimum atomic E-state index is -4.17.